The first-order valence-corrected chi connectivity index (χ1v) is 7.71. The predicted molar refractivity (Wildman–Crippen MR) is 82.4 cm³/mol. The van der Waals surface area contributed by atoms with E-state index in [2.05, 4.69) is 41.4 Å². The molecule has 1 fully saturated rings. The Morgan fingerprint density at radius 1 is 1.15 bits per heavy atom. The molecule has 0 aliphatic carbocycles. The summed E-state index contributed by atoms with van der Waals surface area (Å²) in [5, 5.41) is 6.75. The Morgan fingerprint density at radius 2 is 1.90 bits per heavy atom. The molecular weight excluding hydrogens is 252 g/mol. The SMILES string of the molecule is CCNc1nc(CC)nc(NCC2CCCCO2)c1C. The highest BCUT2D eigenvalue weighted by Gasteiger charge is 2.15. The molecule has 1 saturated heterocycles. The zero-order valence-electron chi connectivity index (χ0n) is 12.8. The minimum atomic E-state index is 0.311. The van der Waals surface area contributed by atoms with Crippen LogP contribution in [0.5, 0.6) is 0 Å². The molecule has 1 aromatic rings. The third-order valence-corrected chi connectivity index (χ3v) is 3.62. The predicted octanol–water partition coefficient (Wildman–Crippen LogP) is 2.76. The van der Waals surface area contributed by atoms with Crippen LogP contribution in [0.15, 0.2) is 0 Å². The van der Waals surface area contributed by atoms with Gasteiger partial charge in [-0.25, -0.2) is 9.97 Å². The molecular formula is C15H26N4O. The van der Waals surface area contributed by atoms with Crippen LogP contribution in [0.4, 0.5) is 11.6 Å². The summed E-state index contributed by atoms with van der Waals surface area (Å²) in [6.45, 7) is 8.79. The summed E-state index contributed by atoms with van der Waals surface area (Å²) in [6.07, 6.45) is 4.74. The molecule has 0 radical (unpaired) electrons. The second-order valence-corrected chi connectivity index (χ2v) is 5.22. The van der Waals surface area contributed by atoms with Crippen LogP contribution in [0.1, 0.15) is 44.5 Å². The van der Waals surface area contributed by atoms with E-state index in [0.717, 1.165) is 55.6 Å². The maximum Gasteiger partial charge on any atom is 0.134 e. The smallest absolute Gasteiger partial charge is 0.134 e. The molecule has 1 aromatic heterocycles. The summed E-state index contributed by atoms with van der Waals surface area (Å²) < 4.78 is 5.75. The molecule has 112 valence electrons. The maximum atomic E-state index is 5.75. The van der Waals surface area contributed by atoms with Crippen LogP contribution < -0.4 is 10.6 Å². The van der Waals surface area contributed by atoms with E-state index in [1.165, 1.54) is 12.8 Å². The molecule has 1 aliphatic rings. The van der Waals surface area contributed by atoms with Gasteiger partial charge in [0.25, 0.3) is 0 Å². The Labute approximate surface area is 121 Å². The van der Waals surface area contributed by atoms with Gasteiger partial charge in [0.05, 0.1) is 6.10 Å². The lowest BCUT2D eigenvalue weighted by molar-refractivity contribution is 0.0247. The quantitative estimate of drug-likeness (QED) is 0.838. The number of rotatable bonds is 6. The van der Waals surface area contributed by atoms with Gasteiger partial charge in [-0.1, -0.05) is 6.92 Å². The van der Waals surface area contributed by atoms with Gasteiger partial charge < -0.3 is 15.4 Å². The van der Waals surface area contributed by atoms with Gasteiger partial charge >= 0.3 is 0 Å². The topological polar surface area (TPSA) is 59.1 Å². The summed E-state index contributed by atoms with van der Waals surface area (Å²) >= 11 is 0. The van der Waals surface area contributed by atoms with Crippen LogP contribution in [0.25, 0.3) is 0 Å². The van der Waals surface area contributed by atoms with Crippen molar-refractivity contribution >= 4 is 11.6 Å². The molecule has 5 heteroatoms. The van der Waals surface area contributed by atoms with Crippen LogP contribution in [0.2, 0.25) is 0 Å². The first-order valence-electron chi connectivity index (χ1n) is 7.71. The fourth-order valence-electron chi connectivity index (χ4n) is 2.41. The molecule has 0 bridgehead atoms. The van der Waals surface area contributed by atoms with Gasteiger partial charge in [-0.05, 0) is 33.1 Å². The lowest BCUT2D eigenvalue weighted by atomic mass is 10.1. The van der Waals surface area contributed by atoms with Gasteiger partial charge in [0, 0.05) is 31.7 Å². The average molecular weight is 278 g/mol. The molecule has 0 amide bonds. The third kappa shape index (κ3) is 3.82. The number of aryl methyl sites for hydroxylation is 1. The number of anilines is 2. The Morgan fingerprint density at radius 3 is 2.50 bits per heavy atom. The van der Waals surface area contributed by atoms with E-state index in [4.69, 9.17) is 4.74 Å². The van der Waals surface area contributed by atoms with Crippen molar-refractivity contribution in [3.8, 4) is 0 Å². The van der Waals surface area contributed by atoms with Crippen molar-refractivity contribution in [3.63, 3.8) is 0 Å². The number of nitrogens with zero attached hydrogens (tertiary/aromatic N) is 2. The molecule has 0 spiro atoms. The minimum Gasteiger partial charge on any atom is -0.376 e. The molecule has 0 saturated carbocycles. The number of hydrogen-bond acceptors (Lipinski definition) is 5. The first-order chi connectivity index (χ1) is 9.74. The normalized spacial score (nSPS) is 18.9. The second-order valence-electron chi connectivity index (χ2n) is 5.22. The minimum absolute atomic E-state index is 0.311. The van der Waals surface area contributed by atoms with Crippen molar-refractivity contribution in [2.75, 3.05) is 30.3 Å². The highest BCUT2D eigenvalue weighted by atomic mass is 16.5. The lowest BCUT2D eigenvalue weighted by Crippen LogP contribution is -2.27. The number of aromatic nitrogens is 2. The van der Waals surface area contributed by atoms with Crippen molar-refractivity contribution in [1.82, 2.24) is 9.97 Å². The van der Waals surface area contributed by atoms with E-state index < -0.39 is 0 Å². The zero-order valence-corrected chi connectivity index (χ0v) is 12.8. The third-order valence-electron chi connectivity index (χ3n) is 3.62. The molecule has 2 N–H and O–H groups in total. The molecule has 0 aromatic carbocycles. The first kappa shape index (κ1) is 15.0. The van der Waals surface area contributed by atoms with Crippen LogP contribution >= 0.6 is 0 Å². The number of ether oxygens (including phenoxy) is 1. The van der Waals surface area contributed by atoms with E-state index in [1.54, 1.807) is 0 Å². The Kier molecular flexibility index (Phi) is 5.59. The van der Waals surface area contributed by atoms with E-state index in [-0.39, 0.29) is 0 Å². The van der Waals surface area contributed by atoms with Crippen LogP contribution in [-0.2, 0) is 11.2 Å². The summed E-state index contributed by atoms with van der Waals surface area (Å²) in [5.41, 5.74) is 1.08. The highest BCUT2D eigenvalue weighted by molar-refractivity contribution is 5.57. The summed E-state index contributed by atoms with van der Waals surface area (Å²) in [7, 11) is 0. The van der Waals surface area contributed by atoms with Crippen LogP contribution in [-0.4, -0.2) is 35.8 Å². The summed E-state index contributed by atoms with van der Waals surface area (Å²) in [4.78, 5) is 9.14. The Balaban J connectivity index is 2.06. The molecule has 1 atom stereocenters. The number of nitrogens with one attached hydrogen (secondary N) is 2. The van der Waals surface area contributed by atoms with Crippen molar-refractivity contribution < 1.29 is 4.74 Å². The summed E-state index contributed by atoms with van der Waals surface area (Å²) in [5.74, 6) is 2.74. The zero-order chi connectivity index (χ0) is 14.4. The monoisotopic (exact) mass is 278 g/mol. The van der Waals surface area contributed by atoms with Crippen molar-refractivity contribution in [3.05, 3.63) is 11.4 Å². The highest BCUT2D eigenvalue weighted by Crippen LogP contribution is 2.21. The number of hydrogen-bond donors (Lipinski definition) is 2. The Bertz CT molecular complexity index is 430. The Hall–Kier alpha value is -1.36. The molecule has 2 rings (SSSR count). The van der Waals surface area contributed by atoms with E-state index in [1.807, 2.05) is 0 Å². The standard InChI is InChI=1S/C15H26N4O/c1-4-13-18-14(16-5-2)11(3)15(19-13)17-10-12-8-6-7-9-20-12/h12H,4-10H2,1-3H3,(H2,16,17,18,19). The van der Waals surface area contributed by atoms with Crippen LogP contribution in [0, 0.1) is 6.92 Å². The van der Waals surface area contributed by atoms with Crippen molar-refractivity contribution in [2.45, 2.75) is 52.6 Å². The second kappa shape index (κ2) is 7.43. The molecule has 5 nitrogen and oxygen atoms in total. The maximum absolute atomic E-state index is 5.75. The van der Waals surface area contributed by atoms with Gasteiger partial charge in [0.2, 0.25) is 0 Å². The van der Waals surface area contributed by atoms with Gasteiger partial charge in [-0.15, -0.1) is 0 Å². The molecule has 1 aliphatic heterocycles. The van der Waals surface area contributed by atoms with Gasteiger partial charge in [-0.2, -0.15) is 0 Å². The largest absolute Gasteiger partial charge is 0.376 e. The average Bonchev–Trinajstić information content (AvgIpc) is 2.49. The van der Waals surface area contributed by atoms with E-state index in [9.17, 15) is 0 Å². The molecule has 2 heterocycles. The fraction of sp³-hybridized carbons (Fsp3) is 0.733. The van der Waals surface area contributed by atoms with E-state index in [0.29, 0.717) is 6.10 Å². The summed E-state index contributed by atoms with van der Waals surface area (Å²) in [6, 6.07) is 0. The van der Waals surface area contributed by atoms with Crippen molar-refractivity contribution in [2.24, 2.45) is 0 Å². The van der Waals surface area contributed by atoms with E-state index >= 15 is 0 Å². The van der Waals surface area contributed by atoms with Gasteiger partial charge in [0.15, 0.2) is 0 Å². The van der Waals surface area contributed by atoms with Gasteiger partial charge in [-0.3, -0.25) is 0 Å². The molecule has 20 heavy (non-hydrogen) atoms. The van der Waals surface area contributed by atoms with Crippen LogP contribution in [0.3, 0.4) is 0 Å². The lowest BCUT2D eigenvalue weighted by Gasteiger charge is -2.23. The fourth-order valence-corrected chi connectivity index (χ4v) is 2.41. The van der Waals surface area contributed by atoms with Gasteiger partial charge in [0.1, 0.15) is 17.5 Å². The van der Waals surface area contributed by atoms with Crippen molar-refractivity contribution in [1.29, 1.82) is 0 Å². The molecule has 1 unspecified atom stereocenters.